The molecule has 1 fully saturated rings. The number of carbonyl (C=O) groups excluding carboxylic acids is 2. The molecule has 1 heterocycles. The highest BCUT2D eigenvalue weighted by Crippen LogP contribution is 2.16. The van der Waals surface area contributed by atoms with Crippen molar-refractivity contribution in [2.45, 2.75) is 26.8 Å². The highest BCUT2D eigenvalue weighted by Gasteiger charge is 2.22. The molecule has 0 N–H and O–H groups in total. The van der Waals surface area contributed by atoms with Gasteiger partial charge in [0.2, 0.25) is 11.8 Å². The number of para-hydroxylation sites is 1. The van der Waals surface area contributed by atoms with Crippen LogP contribution in [0.25, 0.3) is 0 Å². The van der Waals surface area contributed by atoms with Crippen LogP contribution in [0.1, 0.15) is 24.5 Å². The Bertz CT molecular complexity index is 799. The minimum atomic E-state index is 0.00297. The number of nitrogens with zero attached hydrogens (tertiary/aromatic N) is 3. The van der Waals surface area contributed by atoms with Gasteiger partial charge in [0, 0.05) is 58.3 Å². The Labute approximate surface area is 167 Å². The molecule has 0 aromatic heterocycles. The summed E-state index contributed by atoms with van der Waals surface area (Å²) in [5.41, 5.74) is 3.47. The lowest BCUT2D eigenvalue weighted by atomic mass is 10.1. The van der Waals surface area contributed by atoms with Crippen molar-refractivity contribution < 1.29 is 9.59 Å². The van der Waals surface area contributed by atoms with Crippen molar-refractivity contribution >= 4 is 17.5 Å². The van der Waals surface area contributed by atoms with E-state index in [9.17, 15) is 9.59 Å². The van der Waals surface area contributed by atoms with Crippen LogP contribution in [0, 0.1) is 6.92 Å². The molecule has 3 rings (SSSR count). The molecular weight excluding hydrogens is 350 g/mol. The van der Waals surface area contributed by atoms with Crippen LogP contribution >= 0.6 is 0 Å². The van der Waals surface area contributed by atoms with Gasteiger partial charge in [-0.3, -0.25) is 9.59 Å². The molecular formula is C23H29N3O2. The van der Waals surface area contributed by atoms with E-state index in [1.165, 1.54) is 11.3 Å². The number of hydrogen-bond acceptors (Lipinski definition) is 3. The minimum absolute atomic E-state index is 0.00297. The first-order chi connectivity index (χ1) is 13.5. The molecule has 5 heteroatoms. The smallest absolute Gasteiger partial charge is 0.224 e. The minimum Gasteiger partial charge on any atom is -0.368 e. The van der Waals surface area contributed by atoms with Gasteiger partial charge in [0.25, 0.3) is 0 Å². The van der Waals surface area contributed by atoms with Crippen molar-refractivity contribution in [3.8, 4) is 0 Å². The molecule has 0 atom stereocenters. The number of hydrogen-bond donors (Lipinski definition) is 0. The zero-order chi connectivity index (χ0) is 19.9. The zero-order valence-corrected chi connectivity index (χ0v) is 16.8. The summed E-state index contributed by atoms with van der Waals surface area (Å²) in [5.74, 6) is 0.131. The SMILES string of the molecule is CC(=O)N(CCC(=O)N1CCN(c2ccccc2)CC1)Cc1cccc(C)c1. The van der Waals surface area contributed by atoms with Crippen molar-refractivity contribution in [2.24, 2.45) is 0 Å². The summed E-state index contributed by atoms with van der Waals surface area (Å²) < 4.78 is 0. The molecule has 0 saturated carbocycles. The van der Waals surface area contributed by atoms with Crippen molar-refractivity contribution in [1.82, 2.24) is 9.80 Å². The number of amides is 2. The third-order valence-electron chi connectivity index (χ3n) is 5.25. The van der Waals surface area contributed by atoms with Gasteiger partial charge >= 0.3 is 0 Å². The normalized spacial score (nSPS) is 14.1. The lowest BCUT2D eigenvalue weighted by molar-refractivity contribution is -0.134. The highest BCUT2D eigenvalue weighted by atomic mass is 16.2. The molecule has 0 aliphatic carbocycles. The van der Waals surface area contributed by atoms with E-state index in [1.54, 1.807) is 11.8 Å². The van der Waals surface area contributed by atoms with E-state index < -0.39 is 0 Å². The van der Waals surface area contributed by atoms with Crippen LogP contribution in [0.3, 0.4) is 0 Å². The summed E-state index contributed by atoms with van der Waals surface area (Å²) in [6.45, 7) is 7.76. The third kappa shape index (κ3) is 5.35. The fourth-order valence-electron chi connectivity index (χ4n) is 3.62. The summed E-state index contributed by atoms with van der Waals surface area (Å²) >= 11 is 0. The van der Waals surface area contributed by atoms with E-state index in [1.807, 2.05) is 48.2 Å². The van der Waals surface area contributed by atoms with Crippen LogP contribution in [-0.4, -0.2) is 54.3 Å². The van der Waals surface area contributed by atoms with Crippen molar-refractivity contribution in [3.05, 3.63) is 65.7 Å². The Morgan fingerprint density at radius 1 is 0.964 bits per heavy atom. The topological polar surface area (TPSA) is 43.9 Å². The number of rotatable bonds is 6. The largest absolute Gasteiger partial charge is 0.368 e. The predicted molar refractivity (Wildman–Crippen MR) is 112 cm³/mol. The van der Waals surface area contributed by atoms with E-state index in [0.717, 1.165) is 31.7 Å². The monoisotopic (exact) mass is 379 g/mol. The second-order valence-electron chi connectivity index (χ2n) is 7.38. The van der Waals surface area contributed by atoms with Gasteiger partial charge in [-0.25, -0.2) is 0 Å². The summed E-state index contributed by atoms with van der Waals surface area (Å²) in [6, 6.07) is 18.4. The van der Waals surface area contributed by atoms with E-state index in [-0.39, 0.29) is 11.8 Å². The summed E-state index contributed by atoms with van der Waals surface area (Å²) in [6.07, 6.45) is 0.372. The van der Waals surface area contributed by atoms with E-state index >= 15 is 0 Å². The molecule has 0 unspecified atom stereocenters. The van der Waals surface area contributed by atoms with E-state index in [0.29, 0.717) is 19.5 Å². The summed E-state index contributed by atoms with van der Waals surface area (Å²) in [7, 11) is 0. The molecule has 1 saturated heterocycles. The molecule has 148 valence electrons. The Kier molecular flexibility index (Phi) is 6.69. The number of anilines is 1. The number of carbonyl (C=O) groups is 2. The molecule has 2 aromatic rings. The second kappa shape index (κ2) is 9.40. The standard InChI is InChI=1S/C23H29N3O2/c1-19-7-6-8-21(17-19)18-26(20(2)27)12-11-23(28)25-15-13-24(14-16-25)22-9-4-3-5-10-22/h3-10,17H,11-16,18H2,1-2H3. The molecule has 1 aliphatic rings. The molecule has 28 heavy (non-hydrogen) atoms. The van der Waals surface area contributed by atoms with Crippen LogP contribution in [-0.2, 0) is 16.1 Å². The predicted octanol–water partition coefficient (Wildman–Crippen LogP) is 3.08. The Morgan fingerprint density at radius 3 is 2.32 bits per heavy atom. The van der Waals surface area contributed by atoms with Gasteiger partial charge in [-0.1, -0.05) is 48.0 Å². The van der Waals surface area contributed by atoms with Gasteiger partial charge in [0.1, 0.15) is 0 Å². The van der Waals surface area contributed by atoms with E-state index in [4.69, 9.17) is 0 Å². The quantitative estimate of drug-likeness (QED) is 0.775. The van der Waals surface area contributed by atoms with Crippen molar-refractivity contribution in [1.29, 1.82) is 0 Å². The van der Waals surface area contributed by atoms with Gasteiger partial charge in [0.15, 0.2) is 0 Å². The van der Waals surface area contributed by atoms with Gasteiger partial charge < -0.3 is 14.7 Å². The Balaban J connectivity index is 1.49. The fourth-order valence-corrected chi connectivity index (χ4v) is 3.62. The van der Waals surface area contributed by atoms with Gasteiger partial charge in [0.05, 0.1) is 0 Å². The van der Waals surface area contributed by atoms with Crippen LogP contribution in [0.15, 0.2) is 54.6 Å². The summed E-state index contributed by atoms with van der Waals surface area (Å²) in [5, 5.41) is 0. The molecule has 0 spiro atoms. The number of aryl methyl sites for hydroxylation is 1. The fraction of sp³-hybridized carbons (Fsp3) is 0.391. The van der Waals surface area contributed by atoms with Crippen LogP contribution in [0.5, 0.6) is 0 Å². The highest BCUT2D eigenvalue weighted by molar-refractivity contribution is 5.78. The first kappa shape index (κ1) is 19.9. The van der Waals surface area contributed by atoms with Crippen molar-refractivity contribution in [2.75, 3.05) is 37.6 Å². The second-order valence-corrected chi connectivity index (χ2v) is 7.38. The van der Waals surface area contributed by atoms with Crippen LogP contribution < -0.4 is 4.90 Å². The Hall–Kier alpha value is -2.82. The lowest BCUT2D eigenvalue weighted by Gasteiger charge is -2.36. The molecule has 2 amide bonds. The number of benzene rings is 2. The van der Waals surface area contributed by atoms with Gasteiger partial charge in [-0.05, 0) is 24.6 Å². The van der Waals surface area contributed by atoms with Gasteiger partial charge in [-0.2, -0.15) is 0 Å². The van der Waals surface area contributed by atoms with E-state index in [2.05, 4.69) is 23.1 Å². The average molecular weight is 380 g/mol. The lowest BCUT2D eigenvalue weighted by Crippen LogP contribution is -2.49. The maximum Gasteiger partial charge on any atom is 0.224 e. The van der Waals surface area contributed by atoms with Crippen LogP contribution in [0.2, 0.25) is 0 Å². The molecule has 2 aromatic carbocycles. The molecule has 0 radical (unpaired) electrons. The average Bonchev–Trinajstić information content (AvgIpc) is 2.71. The third-order valence-corrected chi connectivity index (χ3v) is 5.25. The first-order valence-corrected chi connectivity index (χ1v) is 9.92. The van der Waals surface area contributed by atoms with Gasteiger partial charge in [-0.15, -0.1) is 0 Å². The molecule has 0 bridgehead atoms. The molecule has 1 aliphatic heterocycles. The first-order valence-electron chi connectivity index (χ1n) is 9.92. The summed E-state index contributed by atoms with van der Waals surface area (Å²) in [4.78, 5) is 30.6. The zero-order valence-electron chi connectivity index (χ0n) is 16.8. The Morgan fingerprint density at radius 2 is 1.68 bits per heavy atom. The maximum atomic E-state index is 12.6. The number of piperazine rings is 1. The van der Waals surface area contributed by atoms with Crippen LogP contribution in [0.4, 0.5) is 5.69 Å². The maximum absolute atomic E-state index is 12.6. The van der Waals surface area contributed by atoms with Crippen molar-refractivity contribution in [3.63, 3.8) is 0 Å². The molecule has 5 nitrogen and oxygen atoms in total.